The second-order valence-electron chi connectivity index (χ2n) is 9.20. The predicted molar refractivity (Wildman–Crippen MR) is 155 cm³/mol. The molecule has 1 N–H and O–H groups in total. The number of hydrogen-bond donors (Lipinski definition) is 1. The standard InChI is InChI=1S/C30H27N3O8S/c1-3-39-29(37)20-7-11-22(12-8-20)32-30-33(16-18-4-13-23-24(14-18)41-17-40-23)27(35)25(42-30)15-26(34)31-21-9-5-19(6-10-21)28(36)38-2/h4-14,25H,3,15-17H2,1-2H3,(H,31,34). The van der Waals surface area contributed by atoms with Gasteiger partial charge in [-0.15, -0.1) is 0 Å². The molecule has 0 radical (unpaired) electrons. The molecule has 2 aliphatic rings. The van der Waals surface area contributed by atoms with Crippen LogP contribution in [-0.4, -0.2) is 59.6 Å². The van der Waals surface area contributed by atoms with Crippen molar-refractivity contribution in [3.05, 3.63) is 83.4 Å². The molecule has 3 aromatic rings. The zero-order chi connectivity index (χ0) is 29.6. The molecule has 0 aromatic heterocycles. The van der Waals surface area contributed by atoms with Gasteiger partial charge in [0.2, 0.25) is 18.6 Å². The van der Waals surface area contributed by atoms with Gasteiger partial charge in [-0.05, 0) is 73.2 Å². The number of thioether (sulfide) groups is 1. The van der Waals surface area contributed by atoms with E-state index in [1.807, 2.05) is 12.1 Å². The van der Waals surface area contributed by atoms with E-state index >= 15 is 0 Å². The monoisotopic (exact) mass is 589 g/mol. The Balaban J connectivity index is 1.34. The van der Waals surface area contributed by atoms with E-state index in [9.17, 15) is 19.2 Å². The van der Waals surface area contributed by atoms with E-state index in [0.29, 0.717) is 39.2 Å². The molecule has 11 nitrogen and oxygen atoms in total. The number of benzene rings is 3. The summed E-state index contributed by atoms with van der Waals surface area (Å²) in [5.41, 5.74) is 2.56. The van der Waals surface area contributed by atoms with Crippen molar-refractivity contribution in [3.63, 3.8) is 0 Å². The Morgan fingerprint density at radius 3 is 2.38 bits per heavy atom. The predicted octanol–water partition coefficient (Wildman–Crippen LogP) is 4.54. The molecule has 12 heteroatoms. The van der Waals surface area contributed by atoms with Crippen molar-refractivity contribution in [1.82, 2.24) is 4.90 Å². The van der Waals surface area contributed by atoms with Crippen LogP contribution in [0.4, 0.5) is 11.4 Å². The lowest BCUT2D eigenvalue weighted by Crippen LogP contribution is -2.33. The van der Waals surface area contributed by atoms with Gasteiger partial charge in [0, 0.05) is 12.1 Å². The molecule has 1 atom stereocenters. The smallest absolute Gasteiger partial charge is 0.338 e. The van der Waals surface area contributed by atoms with E-state index in [0.717, 1.165) is 5.56 Å². The van der Waals surface area contributed by atoms with Gasteiger partial charge >= 0.3 is 11.9 Å². The van der Waals surface area contributed by atoms with E-state index in [2.05, 4.69) is 10.3 Å². The Kier molecular flexibility index (Phi) is 8.72. The fraction of sp³-hybridized carbons (Fsp3) is 0.233. The number of esters is 2. The summed E-state index contributed by atoms with van der Waals surface area (Å²) in [6.45, 7) is 2.34. The van der Waals surface area contributed by atoms with Gasteiger partial charge in [0.25, 0.3) is 0 Å². The summed E-state index contributed by atoms with van der Waals surface area (Å²) in [4.78, 5) is 56.4. The molecule has 5 rings (SSSR count). The van der Waals surface area contributed by atoms with Crippen LogP contribution in [0.2, 0.25) is 0 Å². The van der Waals surface area contributed by atoms with Gasteiger partial charge in [-0.25, -0.2) is 14.6 Å². The zero-order valence-electron chi connectivity index (χ0n) is 22.8. The number of nitrogens with one attached hydrogen (secondary N) is 1. The minimum atomic E-state index is -0.717. The molecular formula is C30H27N3O8S. The van der Waals surface area contributed by atoms with Crippen molar-refractivity contribution in [2.45, 2.75) is 25.1 Å². The Morgan fingerprint density at radius 2 is 1.67 bits per heavy atom. The Hall–Kier alpha value is -4.84. The minimum Gasteiger partial charge on any atom is -0.465 e. The SMILES string of the molecule is CCOC(=O)c1ccc(N=C2SC(CC(=O)Nc3ccc(C(=O)OC)cc3)C(=O)N2Cc2ccc3c(c2)OCO3)cc1. The van der Waals surface area contributed by atoms with E-state index in [1.165, 1.54) is 23.8 Å². The highest BCUT2D eigenvalue weighted by molar-refractivity contribution is 8.15. The Labute approximate surface area is 245 Å². The molecule has 0 aliphatic carbocycles. The van der Waals surface area contributed by atoms with Crippen LogP contribution in [0, 0.1) is 0 Å². The van der Waals surface area contributed by atoms with Crippen LogP contribution in [-0.2, 0) is 25.6 Å². The van der Waals surface area contributed by atoms with Gasteiger partial charge in [-0.2, -0.15) is 0 Å². The van der Waals surface area contributed by atoms with E-state index in [4.69, 9.17) is 18.9 Å². The highest BCUT2D eigenvalue weighted by Crippen LogP contribution is 2.36. The van der Waals surface area contributed by atoms with Gasteiger partial charge < -0.3 is 24.3 Å². The van der Waals surface area contributed by atoms with Crippen LogP contribution in [0.1, 0.15) is 39.6 Å². The number of amidine groups is 1. The summed E-state index contributed by atoms with van der Waals surface area (Å²) in [6, 6.07) is 18.3. The van der Waals surface area contributed by atoms with Crippen LogP contribution in [0.3, 0.4) is 0 Å². The molecule has 3 aromatic carbocycles. The first-order valence-corrected chi connectivity index (χ1v) is 13.9. The summed E-state index contributed by atoms with van der Waals surface area (Å²) in [6.07, 6.45) is -0.0965. The van der Waals surface area contributed by atoms with Crippen LogP contribution in [0.15, 0.2) is 71.7 Å². The summed E-state index contributed by atoms with van der Waals surface area (Å²) in [5, 5.41) is 2.47. The molecule has 0 saturated carbocycles. The number of methoxy groups -OCH3 is 1. The molecule has 1 unspecified atom stereocenters. The maximum atomic E-state index is 13.6. The largest absolute Gasteiger partial charge is 0.465 e. The first kappa shape index (κ1) is 28.7. The van der Waals surface area contributed by atoms with Crippen molar-refractivity contribution in [1.29, 1.82) is 0 Å². The number of amides is 2. The quantitative estimate of drug-likeness (QED) is 0.357. The highest BCUT2D eigenvalue weighted by Gasteiger charge is 2.39. The number of carbonyl (C=O) groups is 4. The topological polar surface area (TPSA) is 133 Å². The van der Waals surface area contributed by atoms with Crippen LogP contribution < -0.4 is 14.8 Å². The molecule has 2 amide bonds. The number of ether oxygens (including phenoxy) is 4. The lowest BCUT2D eigenvalue weighted by molar-refractivity contribution is -0.128. The van der Waals surface area contributed by atoms with E-state index in [-0.39, 0.29) is 38.2 Å². The van der Waals surface area contributed by atoms with Crippen molar-refractivity contribution in [2.24, 2.45) is 4.99 Å². The normalized spacial score (nSPS) is 16.4. The lowest BCUT2D eigenvalue weighted by atomic mass is 10.1. The van der Waals surface area contributed by atoms with Gasteiger partial charge in [-0.3, -0.25) is 14.5 Å². The van der Waals surface area contributed by atoms with Crippen LogP contribution in [0.25, 0.3) is 0 Å². The van der Waals surface area contributed by atoms with E-state index < -0.39 is 17.2 Å². The third-order valence-electron chi connectivity index (χ3n) is 6.36. The van der Waals surface area contributed by atoms with E-state index in [1.54, 1.807) is 61.5 Å². The second-order valence-corrected chi connectivity index (χ2v) is 10.4. The average Bonchev–Trinajstić information content (AvgIpc) is 3.57. The van der Waals surface area contributed by atoms with Crippen molar-refractivity contribution in [3.8, 4) is 11.5 Å². The number of rotatable bonds is 9. The third-order valence-corrected chi connectivity index (χ3v) is 7.54. The zero-order valence-corrected chi connectivity index (χ0v) is 23.6. The van der Waals surface area contributed by atoms with Gasteiger partial charge in [-0.1, -0.05) is 17.8 Å². The lowest BCUT2D eigenvalue weighted by Gasteiger charge is -2.17. The molecule has 0 bridgehead atoms. The third kappa shape index (κ3) is 6.55. The second kappa shape index (κ2) is 12.8. The summed E-state index contributed by atoms with van der Waals surface area (Å²) < 4.78 is 20.6. The Bertz CT molecular complexity index is 1540. The number of fused-ring (bicyclic) bond motifs is 1. The van der Waals surface area contributed by atoms with Crippen molar-refractivity contribution in [2.75, 3.05) is 25.8 Å². The molecule has 0 spiro atoms. The fourth-order valence-corrected chi connectivity index (χ4v) is 5.43. The first-order valence-electron chi connectivity index (χ1n) is 13.0. The highest BCUT2D eigenvalue weighted by atomic mass is 32.2. The molecular weight excluding hydrogens is 562 g/mol. The summed E-state index contributed by atoms with van der Waals surface area (Å²) in [5.74, 6) is -0.326. The van der Waals surface area contributed by atoms with Crippen LogP contribution in [0.5, 0.6) is 11.5 Å². The van der Waals surface area contributed by atoms with Gasteiger partial charge in [0.15, 0.2) is 16.7 Å². The average molecular weight is 590 g/mol. The number of carbonyl (C=O) groups excluding carboxylic acids is 4. The van der Waals surface area contributed by atoms with Gasteiger partial charge in [0.1, 0.15) is 5.25 Å². The number of aliphatic imine (C=N–C) groups is 1. The first-order chi connectivity index (χ1) is 20.3. The Morgan fingerprint density at radius 1 is 0.976 bits per heavy atom. The maximum absolute atomic E-state index is 13.6. The van der Waals surface area contributed by atoms with Crippen molar-refractivity contribution >= 4 is 52.1 Å². The summed E-state index contributed by atoms with van der Waals surface area (Å²) in [7, 11) is 1.29. The molecule has 1 fully saturated rings. The molecule has 2 heterocycles. The molecule has 42 heavy (non-hydrogen) atoms. The number of hydrogen-bond acceptors (Lipinski definition) is 10. The fourth-order valence-electron chi connectivity index (χ4n) is 4.28. The van der Waals surface area contributed by atoms with Gasteiger partial charge in [0.05, 0.1) is 37.1 Å². The maximum Gasteiger partial charge on any atom is 0.338 e. The minimum absolute atomic E-state index is 0.0965. The number of anilines is 1. The van der Waals surface area contributed by atoms with Crippen molar-refractivity contribution < 1.29 is 38.1 Å². The molecule has 1 saturated heterocycles. The number of nitrogens with zero attached hydrogens (tertiary/aromatic N) is 2. The molecule has 216 valence electrons. The molecule has 2 aliphatic heterocycles. The van der Waals surface area contributed by atoms with Crippen LogP contribution >= 0.6 is 11.8 Å². The summed E-state index contributed by atoms with van der Waals surface area (Å²) >= 11 is 1.19.